The van der Waals surface area contributed by atoms with Crippen LogP contribution in [0.1, 0.15) is 31.1 Å². The number of halogens is 2. The Morgan fingerprint density at radius 2 is 1.63 bits per heavy atom. The van der Waals surface area contributed by atoms with Crippen LogP contribution in [-0.4, -0.2) is 5.11 Å². The lowest BCUT2D eigenvalue weighted by atomic mass is 9.76. The zero-order valence-corrected chi connectivity index (χ0v) is 10.9. The molecule has 1 atom stereocenters. The highest BCUT2D eigenvalue weighted by atomic mass is 19.1. The third kappa shape index (κ3) is 2.66. The van der Waals surface area contributed by atoms with Crippen molar-refractivity contribution in [3.05, 3.63) is 71.3 Å². The second-order valence-corrected chi connectivity index (χ2v) is 5.16. The van der Waals surface area contributed by atoms with Crippen LogP contribution in [0.15, 0.2) is 48.5 Å². The van der Waals surface area contributed by atoms with Gasteiger partial charge in [-0.1, -0.05) is 50.2 Å². The van der Waals surface area contributed by atoms with Gasteiger partial charge in [0.2, 0.25) is 0 Å². The first-order valence-corrected chi connectivity index (χ1v) is 6.11. The van der Waals surface area contributed by atoms with Gasteiger partial charge in [-0.25, -0.2) is 8.78 Å². The SMILES string of the molecule is CC(C)(c1ccccc1)C(O)c1ccc(F)cc1F. The fourth-order valence-corrected chi connectivity index (χ4v) is 2.14. The Balaban J connectivity index is 2.40. The highest BCUT2D eigenvalue weighted by Gasteiger charge is 2.32. The standard InChI is InChI=1S/C16H16F2O/c1-16(2,11-6-4-3-5-7-11)15(19)13-9-8-12(17)10-14(13)18/h3-10,15,19H,1-2H3. The molecule has 2 rings (SSSR count). The molecule has 0 fully saturated rings. The molecule has 1 unspecified atom stereocenters. The molecule has 1 nitrogen and oxygen atoms in total. The van der Waals surface area contributed by atoms with E-state index in [9.17, 15) is 13.9 Å². The normalized spacial score (nSPS) is 13.3. The largest absolute Gasteiger partial charge is 0.387 e. The molecule has 0 bridgehead atoms. The Labute approximate surface area is 111 Å². The summed E-state index contributed by atoms with van der Waals surface area (Å²) in [6, 6.07) is 12.6. The van der Waals surface area contributed by atoms with E-state index in [1.54, 1.807) is 0 Å². The molecule has 0 aliphatic carbocycles. The van der Waals surface area contributed by atoms with E-state index in [-0.39, 0.29) is 5.56 Å². The van der Waals surface area contributed by atoms with Crippen LogP contribution in [0.3, 0.4) is 0 Å². The van der Waals surface area contributed by atoms with E-state index in [2.05, 4.69) is 0 Å². The molecule has 2 aromatic rings. The van der Waals surface area contributed by atoms with Crippen molar-refractivity contribution >= 4 is 0 Å². The van der Waals surface area contributed by atoms with Crippen molar-refractivity contribution in [1.82, 2.24) is 0 Å². The molecule has 0 aliphatic rings. The molecule has 0 aliphatic heterocycles. The summed E-state index contributed by atoms with van der Waals surface area (Å²) in [5, 5.41) is 10.4. The molecular weight excluding hydrogens is 246 g/mol. The maximum atomic E-state index is 13.7. The Morgan fingerprint density at radius 3 is 2.21 bits per heavy atom. The summed E-state index contributed by atoms with van der Waals surface area (Å²) in [6.45, 7) is 3.66. The lowest BCUT2D eigenvalue weighted by molar-refractivity contribution is 0.0964. The monoisotopic (exact) mass is 262 g/mol. The van der Waals surface area contributed by atoms with Crippen molar-refractivity contribution in [3.8, 4) is 0 Å². The van der Waals surface area contributed by atoms with Crippen molar-refractivity contribution in [2.75, 3.05) is 0 Å². The number of benzene rings is 2. The summed E-state index contributed by atoms with van der Waals surface area (Å²) in [6.07, 6.45) is -1.05. The van der Waals surface area contributed by atoms with Gasteiger partial charge in [-0.3, -0.25) is 0 Å². The van der Waals surface area contributed by atoms with Crippen LogP contribution in [0, 0.1) is 11.6 Å². The fourth-order valence-electron chi connectivity index (χ4n) is 2.14. The number of hydrogen-bond donors (Lipinski definition) is 1. The van der Waals surface area contributed by atoms with Crippen molar-refractivity contribution < 1.29 is 13.9 Å². The molecule has 19 heavy (non-hydrogen) atoms. The van der Waals surface area contributed by atoms with Crippen molar-refractivity contribution in [2.45, 2.75) is 25.4 Å². The second kappa shape index (κ2) is 5.10. The zero-order chi connectivity index (χ0) is 14.0. The van der Waals surface area contributed by atoms with Crippen LogP contribution < -0.4 is 0 Å². The quantitative estimate of drug-likeness (QED) is 0.887. The van der Waals surface area contributed by atoms with Gasteiger partial charge < -0.3 is 5.11 Å². The molecular formula is C16H16F2O. The van der Waals surface area contributed by atoms with Gasteiger partial charge in [0.05, 0.1) is 6.10 Å². The molecule has 0 saturated heterocycles. The van der Waals surface area contributed by atoms with Crippen LogP contribution in [0.4, 0.5) is 8.78 Å². The predicted molar refractivity (Wildman–Crippen MR) is 70.8 cm³/mol. The first-order chi connectivity index (χ1) is 8.93. The number of rotatable bonds is 3. The lowest BCUT2D eigenvalue weighted by Gasteiger charge is -2.31. The molecule has 0 aromatic heterocycles. The summed E-state index contributed by atoms with van der Waals surface area (Å²) in [5.41, 5.74) is 0.335. The Morgan fingerprint density at radius 1 is 1.00 bits per heavy atom. The van der Waals surface area contributed by atoms with Gasteiger partial charge in [0.25, 0.3) is 0 Å². The molecule has 0 saturated carbocycles. The third-order valence-electron chi connectivity index (χ3n) is 3.46. The van der Waals surface area contributed by atoms with Crippen LogP contribution in [0.5, 0.6) is 0 Å². The van der Waals surface area contributed by atoms with E-state index in [0.29, 0.717) is 0 Å². The Bertz CT molecular complexity index is 564. The van der Waals surface area contributed by atoms with Crippen molar-refractivity contribution in [3.63, 3.8) is 0 Å². The topological polar surface area (TPSA) is 20.2 Å². The van der Waals surface area contributed by atoms with Gasteiger partial charge in [0.1, 0.15) is 11.6 Å². The minimum atomic E-state index is -1.05. The molecule has 0 heterocycles. The highest BCUT2D eigenvalue weighted by molar-refractivity contribution is 5.31. The van der Waals surface area contributed by atoms with Crippen molar-refractivity contribution in [1.29, 1.82) is 0 Å². The molecule has 1 N–H and O–H groups in total. The Kier molecular flexibility index (Phi) is 3.67. The predicted octanol–water partition coefficient (Wildman–Crippen LogP) is 3.98. The zero-order valence-electron chi connectivity index (χ0n) is 10.9. The lowest BCUT2D eigenvalue weighted by Crippen LogP contribution is -2.27. The molecule has 100 valence electrons. The van der Waals surface area contributed by atoms with Crippen LogP contribution in [0.2, 0.25) is 0 Å². The second-order valence-electron chi connectivity index (χ2n) is 5.16. The summed E-state index contributed by atoms with van der Waals surface area (Å²) < 4.78 is 26.7. The van der Waals surface area contributed by atoms with Gasteiger partial charge in [-0.05, 0) is 11.6 Å². The third-order valence-corrected chi connectivity index (χ3v) is 3.46. The summed E-state index contributed by atoms with van der Waals surface area (Å²) >= 11 is 0. The van der Waals surface area contributed by atoms with Crippen LogP contribution in [-0.2, 0) is 5.41 Å². The molecule has 0 amide bonds. The smallest absolute Gasteiger partial charge is 0.131 e. The van der Waals surface area contributed by atoms with E-state index in [1.165, 1.54) is 6.07 Å². The van der Waals surface area contributed by atoms with Crippen molar-refractivity contribution in [2.24, 2.45) is 0 Å². The molecule has 2 aromatic carbocycles. The minimum Gasteiger partial charge on any atom is -0.387 e. The molecule has 0 radical (unpaired) electrons. The first kappa shape index (κ1) is 13.7. The maximum absolute atomic E-state index is 13.7. The Hall–Kier alpha value is -1.74. The maximum Gasteiger partial charge on any atom is 0.131 e. The average Bonchev–Trinajstić information content (AvgIpc) is 2.39. The number of aliphatic hydroxyl groups excluding tert-OH is 1. The highest BCUT2D eigenvalue weighted by Crippen LogP contribution is 2.37. The molecule has 3 heteroatoms. The fraction of sp³-hybridized carbons (Fsp3) is 0.250. The number of aliphatic hydroxyl groups is 1. The minimum absolute atomic E-state index is 0.107. The van der Waals surface area contributed by atoms with Gasteiger partial charge in [0, 0.05) is 17.0 Å². The van der Waals surface area contributed by atoms with E-state index in [4.69, 9.17) is 0 Å². The summed E-state index contributed by atoms with van der Waals surface area (Å²) in [7, 11) is 0. The van der Waals surface area contributed by atoms with E-state index in [1.807, 2.05) is 44.2 Å². The van der Waals surface area contributed by atoms with Gasteiger partial charge >= 0.3 is 0 Å². The van der Waals surface area contributed by atoms with Gasteiger partial charge in [0.15, 0.2) is 0 Å². The van der Waals surface area contributed by atoms with E-state index in [0.717, 1.165) is 17.7 Å². The van der Waals surface area contributed by atoms with Crippen LogP contribution >= 0.6 is 0 Å². The van der Waals surface area contributed by atoms with Gasteiger partial charge in [-0.2, -0.15) is 0 Å². The van der Waals surface area contributed by atoms with Crippen LogP contribution in [0.25, 0.3) is 0 Å². The molecule has 0 spiro atoms. The summed E-state index contributed by atoms with van der Waals surface area (Å²) in [4.78, 5) is 0. The van der Waals surface area contributed by atoms with Gasteiger partial charge in [-0.15, -0.1) is 0 Å². The van der Waals surface area contributed by atoms with E-state index < -0.39 is 23.2 Å². The number of hydrogen-bond acceptors (Lipinski definition) is 1. The average molecular weight is 262 g/mol. The summed E-state index contributed by atoms with van der Waals surface area (Å²) in [5.74, 6) is -1.37. The first-order valence-electron chi connectivity index (χ1n) is 6.11. The van der Waals surface area contributed by atoms with E-state index >= 15 is 0 Å².